The second-order valence-corrected chi connectivity index (χ2v) is 8.87. The molecule has 0 spiro atoms. The highest BCUT2D eigenvalue weighted by Gasteiger charge is 2.24. The summed E-state index contributed by atoms with van der Waals surface area (Å²) in [5.41, 5.74) is 3.84. The van der Waals surface area contributed by atoms with E-state index >= 15 is 0 Å². The van der Waals surface area contributed by atoms with Gasteiger partial charge in [0.1, 0.15) is 11.1 Å². The molecule has 30 heavy (non-hydrogen) atoms. The molecular weight excluding hydrogens is 441 g/mol. The highest BCUT2D eigenvalue weighted by molar-refractivity contribution is 7.15. The normalized spacial score (nSPS) is 16.7. The van der Waals surface area contributed by atoms with Crippen LogP contribution in [0.15, 0.2) is 36.5 Å². The molecule has 1 unspecified atom stereocenters. The predicted molar refractivity (Wildman–Crippen MR) is 121 cm³/mol. The number of ether oxygens (including phenoxy) is 2. The van der Waals surface area contributed by atoms with E-state index in [0.29, 0.717) is 29.9 Å². The van der Waals surface area contributed by atoms with Crippen molar-refractivity contribution < 1.29 is 9.47 Å². The molecule has 1 aliphatic rings. The Morgan fingerprint density at radius 1 is 1.23 bits per heavy atom. The largest absolute Gasteiger partial charge is 0.371 e. The van der Waals surface area contributed by atoms with Crippen molar-refractivity contribution in [1.29, 1.82) is 0 Å². The summed E-state index contributed by atoms with van der Waals surface area (Å²) in [7, 11) is 0. The maximum absolute atomic E-state index is 6.27. The van der Waals surface area contributed by atoms with Gasteiger partial charge < -0.3 is 14.8 Å². The average Bonchev–Trinajstić information content (AvgIpc) is 3.21. The van der Waals surface area contributed by atoms with Crippen LogP contribution < -0.4 is 5.32 Å². The molecule has 0 saturated carbocycles. The van der Waals surface area contributed by atoms with Crippen LogP contribution in [0.5, 0.6) is 0 Å². The van der Waals surface area contributed by atoms with Gasteiger partial charge in [-0.2, -0.15) is 0 Å². The molecule has 1 fully saturated rings. The van der Waals surface area contributed by atoms with Crippen LogP contribution >= 0.6 is 34.5 Å². The summed E-state index contributed by atoms with van der Waals surface area (Å²) in [6, 6.07) is 9.55. The van der Waals surface area contributed by atoms with Crippen LogP contribution in [0.2, 0.25) is 10.0 Å². The maximum Gasteiger partial charge on any atom is 0.124 e. The molecule has 0 amide bonds. The van der Waals surface area contributed by atoms with Crippen molar-refractivity contribution >= 4 is 34.5 Å². The van der Waals surface area contributed by atoms with Crippen molar-refractivity contribution in [1.82, 2.24) is 15.3 Å². The van der Waals surface area contributed by atoms with Crippen LogP contribution in [-0.4, -0.2) is 29.7 Å². The lowest BCUT2D eigenvalue weighted by molar-refractivity contribution is 0.0230. The lowest BCUT2D eigenvalue weighted by Gasteiger charge is -2.23. The Bertz CT molecular complexity index is 986. The van der Waals surface area contributed by atoms with Crippen LogP contribution in [0.4, 0.5) is 0 Å². The molecule has 0 aliphatic carbocycles. The van der Waals surface area contributed by atoms with E-state index < -0.39 is 0 Å². The number of morpholine rings is 1. The van der Waals surface area contributed by atoms with Crippen molar-refractivity contribution in [2.24, 2.45) is 0 Å². The zero-order valence-corrected chi connectivity index (χ0v) is 19.0. The van der Waals surface area contributed by atoms with E-state index in [1.54, 1.807) is 11.3 Å². The molecule has 3 heterocycles. The fraction of sp³-hybridized carbons (Fsp3) is 0.364. The first-order valence-electron chi connectivity index (χ1n) is 9.93. The minimum absolute atomic E-state index is 0.0845. The number of hydrogen-bond donors (Lipinski definition) is 1. The summed E-state index contributed by atoms with van der Waals surface area (Å²) in [6.07, 6.45) is 2.64. The molecule has 1 atom stereocenters. The highest BCUT2D eigenvalue weighted by atomic mass is 35.5. The molecule has 1 N–H and O–H groups in total. The molecule has 1 aliphatic heterocycles. The SMILES string of the molecule is CCc1cc(-c2nc(C3CNCCO3)c(COCc3c(Cl)cccc3Cl)s2)ccn1. The van der Waals surface area contributed by atoms with Gasteiger partial charge in [-0.1, -0.05) is 36.2 Å². The summed E-state index contributed by atoms with van der Waals surface area (Å²) in [6.45, 7) is 5.12. The van der Waals surface area contributed by atoms with Crippen LogP contribution in [0.1, 0.15) is 34.9 Å². The first kappa shape index (κ1) is 21.7. The van der Waals surface area contributed by atoms with E-state index in [9.17, 15) is 0 Å². The van der Waals surface area contributed by atoms with Gasteiger partial charge in [0.15, 0.2) is 0 Å². The molecule has 1 aromatic carbocycles. The summed E-state index contributed by atoms with van der Waals surface area (Å²) >= 11 is 14.2. The standard InChI is InChI=1S/C22H23Cl2N3O2S/c1-2-15-10-14(6-7-26-15)22-27-21(19-11-25-8-9-29-19)20(30-22)13-28-12-16-17(23)4-3-5-18(16)24/h3-7,10,19,25H,2,8-9,11-13H2,1H3. The number of nitrogens with zero attached hydrogens (tertiary/aromatic N) is 2. The van der Waals surface area contributed by atoms with Gasteiger partial charge in [-0.3, -0.25) is 4.98 Å². The minimum Gasteiger partial charge on any atom is -0.371 e. The van der Waals surface area contributed by atoms with Crippen LogP contribution in [0, 0.1) is 0 Å². The number of benzene rings is 1. The summed E-state index contributed by atoms with van der Waals surface area (Å²) in [5, 5.41) is 5.54. The Morgan fingerprint density at radius 2 is 2.07 bits per heavy atom. The number of hydrogen-bond acceptors (Lipinski definition) is 6. The van der Waals surface area contributed by atoms with Gasteiger partial charge in [0.05, 0.1) is 30.4 Å². The number of rotatable bonds is 7. The molecule has 2 aromatic heterocycles. The topological polar surface area (TPSA) is 56.3 Å². The number of thiazole rings is 1. The predicted octanol–water partition coefficient (Wildman–Crippen LogP) is 5.45. The van der Waals surface area contributed by atoms with Gasteiger partial charge >= 0.3 is 0 Å². The summed E-state index contributed by atoms with van der Waals surface area (Å²) < 4.78 is 12.0. The summed E-state index contributed by atoms with van der Waals surface area (Å²) in [4.78, 5) is 10.4. The fourth-order valence-electron chi connectivity index (χ4n) is 3.30. The molecule has 8 heteroatoms. The zero-order chi connectivity index (χ0) is 20.9. The van der Waals surface area contributed by atoms with E-state index in [4.69, 9.17) is 37.7 Å². The van der Waals surface area contributed by atoms with Gasteiger partial charge in [0.2, 0.25) is 0 Å². The summed E-state index contributed by atoms with van der Waals surface area (Å²) in [5.74, 6) is 0. The third kappa shape index (κ3) is 5.02. The smallest absolute Gasteiger partial charge is 0.124 e. The second-order valence-electron chi connectivity index (χ2n) is 6.97. The molecule has 0 bridgehead atoms. The third-order valence-corrected chi connectivity index (χ3v) is 6.73. The molecule has 1 saturated heterocycles. The average molecular weight is 464 g/mol. The first-order valence-corrected chi connectivity index (χ1v) is 11.5. The second kappa shape index (κ2) is 10.2. The molecule has 4 rings (SSSR count). The van der Waals surface area contributed by atoms with Crippen molar-refractivity contribution in [2.75, 3.05) is 19.7 Å². The van der Waals surface area contributed by atoms with E-state index in [-0.39, 0.29) is 6.10 Å². The maximum atomic E-state index is 6.27. The number of pyridine rings is 1. The quantitative estimate of drug-likeness (QED) is 0.504. The van der Waals surface area contributed by atoms with Crippen molar-refractivity contribution in [2.45, 2.75) is 32.7 Å². The Labute approximate surface area is 190 Å². The lowest BCUT2D eigenvalue weighted by Crippen LogP contribution is -2.33. The monoisotopic (exact) mass is 463 g/mol. The number of aryl methyl sites for hydroxylation is 1. The van der Waals surface area contributed by atoms with E-state index in [1.807, 2.05) is 30.5 Å². The van der Waals surface area contributed by atoms with Crippen molar-refractivity contribution in [3.8, 4) is 10.6 Å². The Morgan fingerprint density at radius 3 is 2.80 bits per heavy atom. The van der Waals surface area contributed by atoms with Crippen LogP contribution in [-0.2, 0) is 29.1 Å². The molecule has 158 valence electrons. The Hall–Kier alpha value is -1.54. The molecular formula is C22H23Cl2N3O2S. The minimum atomic E-state index is -0.0845. The molecule has 5 nitrogen and oxygen atoms in total. The Kier molecular flexibility index (Phi) is 7.36. The van der Waals surface area contributed by atoms with Crippen molar-refractivity contribution in [3.05, 3.63) is 68.4 Å². The van der Waals surface area contributed by atoms with E-state index in [0.717, 1.165) is 51.9 Å². The third-order valence-electron chi connectivity index (χ3n) is 4.93. The number of halogens is 2. The van der Waals surface area contributed by atoms with Gasteiger partial charge in [0.25, 0.3) is 0 Å². The van der Waals surface area contributed by atoms with Gasteiger partial charge in [-0.15, -0.1) is 11.3 Å². The molecule has 0 radical (unpaired) electrons. The highest BCUT2D eigenvalue weighted by Crippen LogP contribution is 2.34. The molecule has 3 aromatic rings. The van der Waals surface area contributed by atoms with Gasteiger partial charge in [-0.25, -0.2) is 4.98 Å². The first-order chi connectivity index (χ1) is 14.7. The van der Waals surface area contributed by atoms with Crippen LogP contribution in [0.25, 0.3) is 10.6 Å². The van der Waals surface area contributed by atoms with Gasteiger partial charge in [-0.05, 0) is 30.7 Å². The number of nitrogens with one attached hydrogen (secondary N) is 1. The fourth-order valence-corrected chi connectivity index (χ4v) is 4.86. The zero-order valence-electron chi connectivity index (χ0n) is 16.7. The van der Waals surface area contributed by atoms with E-state index in [2.05, 4.69) is 23.3 Å². The van der Waals surface area contributed by atoms with Gasteiger partial charge in [0, 0.05) is 46.2 Å². The number of aromatic nitrogens is 2. The van der Waals surface area contributed by atoms with Crippen molar-refractivity contribution in [3.63, 3.8) is 0 Å². The lowest BCUT2D eigenvalue weighted by atomic mass is 10.2. The van der Waals surface area contributed by atoms with Crippen LogP contribution in [0.3, 0.4) is 0 Å². The van der Waals surface area contributed by atoms with E-state index in [1.165, 1.54) is 0 Å². The Balaban J connectivity index is 1.57.